The lowest BCUT2D eigenvalue weighted by molar-refractivity contribution is -0.129. The lowest BCUT2D eigenvalue weighted by Gasteiger charge is -2.22. The number of nitrogens with zero attached hydrogens (tertiary/aromatic N) is 1. The number of imide groups is 1. The molecule has 0 aromatic rings. The molecule has 0 bridgehead atoms. The summed E-state index contributed by atoms with van der Waals surface area (Å²) in [6.07, 6.45) is 8.14. The molecular formula is C19H31NO3. The van der Waals surface area contributed by atoms with E-state index in [1.165, 1.54) is 16.0 Å². The number of allylic oxidation sites excluding steroid dienone is 4. The van der Waals surface area contributed by atoms with E-state index in [1.807, 2.05) is 13.8 Å². The minimum atomic E-state index is -0.484. The molecule has 4 heteroatoms. The number of amides is 2. The third-order valence-corrected chi connectivity index (χ3v) is 4.12. The van der Waals surface area contributed by atoms with Crippen LogP contribution in [0.1, 0.15) is 66.7 Å². The summed E-state index contributed by atoms with van der Waals surface area (Å²) < 4.78 is 5.02. The Labute approximate surface area is 140 Å². The van der Waals surface area contributed by atoms with Gasteiger partial charge in [0.1, 0.15) is 6.61 Å². The number of hydrogen-bond donors (Lipinski definition) is 0. The molecule has 1 aliphatic rings. The molecule has 1 atom stereocenters. The Morgan fingerprint density at radius 2 is 1.91 bits per heavy atom. The van der Waals surface area contributed by atoms with Gasteiger partial charge in [0.15, 0.2) is 0 Å². The van der Waals surface area contributed by atoms with Gasteiger partial charge in [0.25, 0.3) is 0 Å². The third kappa shape index (κ3) is 6.59. The van der Waals surface area contributed by atoms with E-state index in [9.17, 15) is 9.59 Å². The number of cyclic esters (lactones) is 1. The summed E-state index contributed by atoms with van der Waals surface area (Å²) >= 11 is 0. The second kappa shape index (κ2) is 9.53. The summed E-state index contributed by atoms with van der Waals surface area (Å²) in [5.74, 6) is 0.115. The lowest BCUT2D eigenvalue weighted by atomic mass is 10.0. The van der Waals surface area contributed by atoms with Crippen LogP contribution in [0, 0.1) is 5.92 Å². The van der Waals surface area contributed by atoms with Gasteiger partial charge in [-0.3, -0.25) is 4.79 Å². The molecule has 0 aromatic heterocycles. The van der Waals surface area contributed by atoms with Crippen LogP contribution in [-0.2, 0) is 9.53 Å². The maximum absolute atomic E-state index is 12.3. The number of ether oxygens (including phenoxy) is 1. The minimum absolute atomic E-state index is 0.109. The van der Waals surface area contributed by atoms with Crippen LogP contribution in [0.25, 0.3) is 0 Å². The van der Waals surface area contributed by atoms with Crippen LogP contribution < -0.4 is 0 Å². The Morgan fingerprint density at radius 3 is 2.52 bits per heavy atom. The Hall–Kier alpha value is -1.58. The highest BCUT2D eigenvalue weighted by Crippen LogP contribution is 2.21. The van der Waals surface area contributed by atoms with Crippen LogP contribution in [0.5, 0.6) is 0 Å². The highest BCUT2D eigenvalue weighted by Gasteiger charge is 2.38. The van der Waals surface area contributed by atoms with Gasteiger partial charge in [0.2, 0.25) is 5.91 Å². The van der Waals surface area contributed by atoms with Gasteiger partial charge in [-0.2, -0.15) is 0 Å². The van der Waals surface area contributed by atoms with Crippen molar-refractivity contribution in [3.63, 3.8) is 0 Å². The van der Waals surface area contributed by atoms with Crippen molar-refractivity contribution in [3.05, 3.63) is 23.3 Å². The van der Waals surface area contributed by atoms with Crippen LogP contribution in [-0.4, -0.2) is 29.5 Å². The van der Waals surface area contributed by atoms with Gasteiger partial charge < -0.3 is 4.74 Å². The molecule has 130 valence electrons. The number of carbonyl (C=O) groups excluding carboxylic acids is 2. The maximum Gasteiger partial charge on any atom is 0.416 e. The van der Waals surface area contributed by atoms with Crippen molar-refractivity contribution in [1.29, 1.82) is 0 Å². The SMILES string of the molecule is CC(C)=CCC/C(C)=C/CCCC(=O)N1C(=O)OCC1C(C)C. The zero-order chi connectivity index (χ0) is 17.4. The van der Waals surface area contributed by atoms with E-state index in [1.54, 1.807) is 0 Å². The molecule has 0 N–H and O–H groups in total. The largest absolute Gasteiger partial charge is 0.447 e. The van der Waals surface area contributed by atoms with Crippen molar-refractivity contribution in [3.8, 4) is 0 Å². The molecule has 0 aliphatic carbocycles. The highest BCUT2D eigenvalue weighted by molar-refractivity contribution is 5.93. The second-order valence-electron chi connectivity index (χ2n) is 6.91. The van der Waals surface area contributed by atoms with Gasteiger partial charge in [-0.25, -0.2) is 9.69 Å². The van der Waals surface area contributed by atoms with E-state index >= 15 is 0 Å². The van der Waals surface area contributed by atoms with Gasteiger partial charge in [0, 0.05) is 6.42 Å². The van der Waals surface area contributed by atoms with Gasteiger partial charge >= 0.3 is 6.09 Å². The zero-order valence-corrected chi connectivity index (χ0v) is 15.2. The van der Waals surface area contributed by atoms with Crippen molar-refractivity contribution in [2.45, 2.75) is 72.8 Å². The molecule has 0 radical (unpaired) electrons. The first-order valence-corrected chi connectivity index (χ1v) is 8.60. The topological polar surface area (TPSA) is 46.6 Å². The van der Waals surface area contributed by atoms with Crippen molar-refractivity contribution in [1.82, 2.24) is 4.90 Å². The van der Waals surface area contributed by atoms with Crippen molar-refractivity contribution < 1.29 is 14.3 Å². The Bertz CT molecular complexity index is 473. The molecule has 1 heterocycles. The summed E-state index contributed by atoms with van der Waals surface area (Å²) in [4.78, 5) is 25.3. The number of rotatable bonds is 8. The summed E-state index contributed by atoms with van der Waals surface area (Å²) in [5, 5.41) is 0. The van der Waals surface area contributed by atoms with E-state index in [4.69, 9.17) is 4.74 Å². The highest BCUT2D eigenvalue weighted by atomic mass is 16.6. The van der Waals surface area contributed by atoms with Crippen molar-refractivity contribution in [2.24, 2.45) is 5.92 Å². The molecular weight excluding hydrogens is 290 g/mol. The molecule has 1 saturated heterocycles. The van der Waals surface area contributed by atoms with Gasteiger partial charge in [-0.05, 0) is 52.4 Å². The molecule has 4 nitrogen and oxygen atoms in total. The molecule has 0 aromatic carbocycles. The fourth-order valence-corrected chi connectivity index (χ4v) is 2.63. The molecule has 0 saturated carbocycles. The van der Waals surface area contributed by atoms with Gasteiger partial charge in [-0.15, -0.1) is 0 Å². The fraction of sp³-hybridized carbons (Fsp3) is 0.684. The average Bonchev–Trinajstić information content (AvgIpc) is 2.85. The minimum Gasteiger partial charge on any atom is -0.447 e. The Kier molecular flexibility index (Phi) is 8.07. The smallest absolute Gasteiger partial charge is 0.416 e. The number of carbonyl (C=O) groups is 2. The fourth-order valence-electron chi connectivity index (χ4n) is 2.63. The quantitative estimate of drug-likeness (QED) is 0.474. The lowest BCUT2D eigenvalue weighted by Crippen LogP contribution is -2.41. The first-order valence-electron chi connectivity index (χ1n) is 8.60. The van der Waals surface area contributed by atoms with Crippen LogP contribution in [0.2, 0.25) is 0 Å². The van der Waals surface area contributed by atoms with Crippen LogP contribution in [0.15, 0.2) is 23.3 Å². The normalized spacial score (nSPS) is 18.3. The zero-order valence-electron chi connectivity index (χ0n) is 15.2. The van der Waals surface area contributed by atoms with Crippen LogP contribution in [0.3, 0.4) is 0 Å². The summed E-state index contributed by atoms with van der Waals surface area (Å²) in [6.45, 7) is 10.7. The van der Waals surface area contributed by atoms with Crippen LogP contribution in [0.4, 0.5) is 4.79 Å². The standard InChI is InChI=1S/C19H31NO3/c1-14(2)9-8-11-16(5)10-6-7-12-18(21)20-17(15(3)4)13-23-19(20)22/h9-10,15,17H,6-8,11-13H2,1-5H3/b16-10+. The molecule has 0 spiro atoms. The summed E-state index contributed by atoms with van der Waals surface area (Å²) in [5.41, 5.74) is 2.70. The Balaban J connectivity index is 2.36. The molecule has 2 amide bonds. The maximum atomic E-state index is 12.3. The van der Waals surface area contributed by atoms with E-state index in [-0.39, 0.29) is 17.9 Å². The second-order valence-corrected chi connectivity index (χ2v) is 6.91. The van der Waals surface area contributed by atoms with Gasteiger partial charge in [-0.1, -0.05) is 37.1 Å². The monoisotopic (exact) mass is 321 g/mol. The predicted molar refractivity (Wildman–Crippen MR) is 93.1 cm³/mol. The number of hydrogen-bond acceptors (Lipinski definition) is 3. The molecule has 1 aliphatic heterocycles. The molecule has 1 fully saturated rings. The van der Waals surface area contributed by atoms with Crippen molar-refractivity contribution in [2.75, 3.05) is 6.61 Å². The Morgan fingerprint density at radius 1 is 1.22 bits per heavy atom. The molecule has 1 rings (SSSR count). The van der Waals surface area contributed by atoms with E-state index in [0.29, 0.717) is 13.0 Å². The van der Waals surface area contributed by atoms with Gasteiger partial charge in [0.05, 0.1) is 6.04 Å². The van der Waals surface area contributed by atoms with E-state index in [2.05, 4.69) is 32.9 Å². The van der Waals surface area contributed by atoms with E-state index < -0.39 is 6.09 Å². The summed E-state index contributed by atoms with van der Waals surface area (Å²) in [7, 11) is 0. The summed E-state index contributed by atoms with van der Waals surface area (Å²) in [6, 6.07) is -0.114. The average molecular weight is 321 g/mol. The van der Waals surface area contributed by atoms with Crippen LogP contribution >= 0.6 is 0 Å². The number of unbranched alkanes of at least 4 members (excludes halogenated alkanes) is 1. The third-order valence-electron chi connectivity index (χ3n) is 4.12. The van der Waals surface area contributed by atoms with E-state index in [0.717, 1.165) is 25.7 Å². The first-order chi connectivity index (χ1) is 10.8. The molecule has 1 unspecified atom stereocenters. The first kappa shape index (κ1) is 19.5. The predicted octanol–water partition coefficient (Wildman–Crippen LogP) is 4.85. The molecule has 23 heavy (non-hydrogen) atoms. The van der Waals surface area contributed by atoms with Crippen molar-refractivity contribution >= 4 is 12.0 Å².